The van der Waals surface area contributed by atoms with Gasteiger partial charge in [-0.2, -0.15) is 0 Å². The van der Waals surface area contributed by atoms with E-state index in [0.29, 0.717) is 5.56 Å². The number of nitrogens with zero attached hydrogens (tertiary/aromatic N) is 2. The lowest BCUT2D eigenvalue weighted by Gasteiger charge is -2.51. The molecule has 1 fully saturated rings. The fourth-order valence-corrected chi connectivity index (χ4v) is 3.64. The molecular formula is C21H23BrN4O4. The number of likely N-dealkylation sites (N-methyl/N-ethyl adjacent to an activating group) is 1. The first-order chi connectivity index (χ1) is 14.2. The summed E-state index contributed by atoms with van der Waals surface area (Å²) in [6, 6.07) is 8.91. The van der Waals surface area contributed by atoms with Gasteiger partial charge in [0.1, 0.15) is 5.54 Å². The number of aromatic amines is 1. The highest BCUT2D eigenvalue weighted by Gasteiger charge is 2.47. The molecule has 2 N–H and O–H groups in total. The normalized spacial score (nSPS) is 14.6. The van der Waals surface area contributed by atoms with Crippen LogP contribution in [0.2, 0.25) is 0 Å². The zero-order valence-corrected chi connectivity index (χ0v) is 18.4. The lowest BCUT2D eigenvalue weighted by molar-refractivity contribution is -0.146. The van der Waals surface area contributed by atoms with Gasteiger partial charge in [-0.25, -0.2) is 0 Å². The molecule has 3 amide bonds. The minimum Gasteiger partial charge on any atom is -0.367 e. The molecule has 0 atom stereocenters. The number of hydrogen-bond donors (Lipinski definition) is 2. The zero-order chi connectivity index (χ0) is 21.9. The Kier molecular flexibility index (Phi) is 6.40. The number of H-pyrrole nitrogens is 1. The van der Waals surface area contributed by atoms with Crippen molar-refractivity contribution in [2.45, 2.75) is 18.9 Å². The first-order valence-corrected chi connectivity index (χ1v) is 10.2. The van der Waals surface area contributed by atoms with Crippen LogP contribution in [0.5, 0.6) is 0 Å². The van der Waals surface area contributed by atoms with Gasteiger partial charge >= 0.3 is 0 Å². The van der Waals surface area contributed by atoms with Crippen LogP contribution in [-0.4, -0.2) is 59.2 Å². The Morgan fingerprint density at radius 3 is 2.47 bits per heavy atom. The second kappa shape index (κ2) is 8.83. The van der Waals surface area contributed by atoms with Gasteiger partial charge in [0.05, 0.1) is 13.0 Å². The predicted octanol–water partition coefficient (Wildman–Crippen LogP) is 1.01. The number of nitrogens with one attached hydrogen (secondary N) is 2. The SMILES string of the molecule is CC(=O)N(C)CC(=O)N1CC(NC(=O)Cc2c[nH]ccc2=O)(c2ccc(Br)cc2)C1. The Balaban J connectivity index is 1.75. The summed E-state index contributed by atoms with van der Waals surface area (Å²) >= 11 is 3.40. The first kappa shape index (κ1) is 21.8. The van der Waals surface area contributed by atoms with Gasteiger partial charge in [0.2, 0.25) is 17.7 Å². The average Bonchev–Trinajstić information content (AvgIpc) is 2.66. The maximum atomic E-state index is 12.7. The fraction of sp³-hybridized carbons (Fsp3) is 0.333. The predicted molar refractivity (Wildman–Crippen MR) is 115 cm³/mol. The molecule has 3 rings (SSSR count). The number of aromatic nitrogens is 1. The maximum absolute atomic E-state index is 12.7. The first-order valence-electron chi connectivity index (χ1n) is 9.43. The van der Waals surface area contributed by atoms with Gasteiger partial charge < -0.3 is 20.1 Å². The molecule has 1 aromatic heterocycles. The van der Waals surface area contributed by atoms with Gasteiger partial charge in [-0.15, -0.1) is 0 Å². The van der Waals surface area contributed by atoms with Crippen molar-refractivity contribution in [3.05, 3.63) is 68.5 Å². The monoisotopic (exact) mass is 474 g/mol. The number of carbonyl (C=O) groups excluding carboxylic acids is 3. The topological polar surface area (TPSA) is 103 Å². The van der Waals surface area contributed by atoms with Crippen molar-refractivity contribution in [3.63, 3.8) is 0 Å². The average molecular weight is 475 g/mol. The third kappa shape index (κ3) is 4.79. The number of rotatable bonds is 6. The smallest absolute Gasteiger partial charge is 0.242 e. The molecule has 1 aliphatic rings. The second-order valence-corrected chi connectivity index (χ2v) is 8.39. The van der Waals surface area contributed by atoms with E-state index in [-0.39, 0.29) is 49.2 Å². The minimum absolute atomic E-state index is 0.0148. The molecule has 0 unspecified atom stereocenters. The number of halogens is 1. The molecule has 1 saturated heterocycles. The molecule has 2 aromatic rings. The number of benzene rings is 1. The zero-order valence-electron chi connectivity index (χ0n) is 16.8. The summed E-state index contributed by atoms with van der Waals surface area (Å²) in [7, 11) is 1.57. The van der Waals surface area contributed by atoms with E-state index in [1.807, 2.05) is 24.3 Å². The van der Waals surface area contributed by atoms with Crippen molar-refractivity contribution in [1.82, 2.24) is 20.1 Å². The van der Waals surface area contributed by atoms with Gasteiger partial charge in [-0.1, -0.05) is 28.1 Å². The summed E-state index contributed by atoms with van der Waals surface area (Å²) in [6.07, 6.45) is 2.97. The molecular weight excluding hydrogens is 452 g/mol. The molecule has 1 aromatic carbocycles. The quantitative estimate of drug-likeness (QED) is 0.651. The maximum Gasteiger partial charge on any atom is 0.242 e. The van der Waals surface area contributed by atoms with Crippen molar-refractivity contribution in [2.75, 3.05) is 26.7 Å². The lowest BCUT2D eigenvalue weighted by atomic mass is 9.81. The fourth-order valence-electron chi connectivity index (χ4n) is 3.37. The summed E-state index contributed by atoms with van der Waals surface area (Å²) < 4.78 is 0.902. The van der Waals surface area contributed by atoms with Crippen molar-refractivity contribution in [3.8, 4) is 0 Å². The standard InChI is InChI=1S/C21H23BrN4O4/c1-14(27)25(2)11-20(30)26-12-21(13-26,16-3-5-17(22)6-4-16)24-19(29)9-15-10-23-8-7-18(15)28/h3-8,10H,9,11-13H2,1-2H3,(H,23,28)(H,24,29). The highest BCUT2D eigenvalue weighted by atomic mass is 79.9. The van der Waals surface area contributed by atoms with E-state index in [1.165, 1.54) is 30.3 Å². The van der Waals surface area contributed by atoms with Crippen LogP contribution in [0.4, 0.5) is 0 Å². The van der Waals surface area contributed by atoms with E-state index in [9.17, 15) is 19.2 Å². The second-order valence-electron chi connectivity index (χ2n) is 7.47. The van der Waals surface area contributed by atoms with Crippen LogP contribution >= 0.6 is 15.9 Å². The molecule has 0 aliphatic carbocycles. The van der Waals surface area contributed by atoms with E-state index in [2.05, 4.69) is 26.2 Å². The summed E-state index contributed by atoms with van der Waals surface area (Å²) in [4.78, 5) is 54.3. The number of hydrogen-bond acceptors (Lipinski definition) is 4. The van der Waals surface area contributed by atoms with E-state index < -0.39 is 5.54 Å². The third-order valence-electron chi connectivity index (χ3n) is 5.22. The van der Waals surface area contributed by atoms with Crippen LogP contribution in [0.15, 0.2) is 52.0 Å². The van der Waals surface area contributed by atoms with Crippen molar-refractivity contribution < 1.29 is 14.4 Å². The summed E-state index contributed by atoms with van der Waals surface area (Å²) in [5.41, 5.74) is 0.282. The van der Waals surface area contributed by atoms with Crippen LogP contribution < -0.4 is 10.7 Å². The molecule has 158 valence electrons. The van der Waals surface area contributed by atoms with Crippen LogP contribution in [0.3, 0.4) is 0 Å². The summed E-state index contributed by atoms with van der Waals surface area (Å²) in [6.45, 7) is 1.96. The Labute approximate surface area is 182 Å². The molecule has 2 heterocycles. The highest BCUT2D eigenvalue weighted by Crippen LogP contribution is 2.33. The Bertz CT molecular complexity index is 1010. The van der Waals surface area contributed by atoms with Crippen LogP contribution in [0.1, 0.15) is 18.1 Å². The van der Waals surface area contributed by atoms with Gasteiger partial charge in [0.15, 0.2) is 5.43 Å². The largest absolute Gasteiger partial charge is 0.367 e. The van der Waals surface area contributed by atoms with Crippen molar-refractivity contribution in [1.29, 1.82) is 0 Å². The van der Waals surface area contributed by atoms with Crippen LogP contribution in [0.25, 0.3) is 0 Å². The molecule has 0 spiro atoms. The third-order valence-corrected chi connectivity index (χ3v) is 5.74. The number of carbonyl (C=O) groups is 3. The molecule has 0 radical (unpaired) electrons. The van der Waals surface area contributed by atoms with Crippen LogP contribution in [0, 0.1) is 0 Å². The van der Waals surface area contributed by atoms with E-state index in [1.54, 1.807) is 11.9 Å². The van der Waals surface area contributed by atoms with E-state index in [0.717, 1.165) is 10.0 Å². The molecule has 8 nitrogen and oxygen atoms in total. The Hall–Kier alpha value is -2.94. The molecule has 0 saturated carbocycles. The van der Waals surface area contributed by atoms with Gasteiger partial charge in [0.25, 0.3) is 0 Å². The molecule has 9 heteroatoms. The van der Waals surface area contributed by atoms with Crippen molar-refractivity contribution in [2.24, 2.45) is 0 Å². The summed E-state index contributed by atoms with van der Waals surface area (Å²) in [5.74, 6) is -0.679. The van der Waals surface area contributed by atoms with E-state index >= 15 is 0 Å². The number of pyridine rings is 1. The van der Waals surface area contributed by atoms with Gasteiger partial charge in [-0.3, -0.25) is 19.2 Å². The van der Waals surface area contributed by atoms with Crippen molar-refractivity contribution >= 4 is 33.7 Å². The minimum atomic E-state index is -0.746. The Morgan fingerprint density at radius 2 is 1.87 bits per heavy atom. The molecule has 0 bridgehead atoms. The van der Waals surface area contributed by atoms with E-state index in [4.69, 9.17) is 0 Å². The molecule has 1 aliphatic heterocycles. The van der Waals surface area contributed by atoms with Crippen LogP contribution in [-0.2, 0) is 26.3 Å². The number of amides is 3. The Morgan fingerprint density at radius 1 is 1.20 bits per heavy atom. The van der Waals surface area contributed by atoms with Gasteiger partial charge in [-0.05, 0) is 17.7 Å². The van der Waals surface area contributed by atoms with Gasteiger partial charge in [0, 0.05) is 55.6 Å². The highest BCUT2D eigenvalue weighted by molar-refractivity contribution is 9.10. The number of likely N-dealkylation sites (tertiary alicyclic amines) is 1. The molecule has 30 heavy (non-hydrogen) atoms. The lowest BCUT2D eigenvalue weighted by Crippen LogP contribution is -2.69. The summed E-state index contributed by atoms with van der Waals surface area (Å²) in [5, 5.41) is 3.02.